The number of ether oxygens (including phenoxy) is 2. The summed E-state index contributed by atoms with van der Waals surface area (Å²) in [7, 11) is 7.63. The Hall–Kier alpha value is -2.85. The van der Waals surface area contributed by atoms with Gasteiger partial charge in [0.25, 0.3) is 0 Å². The molecule has 0 fully saturated rings. The number of carbonyl (C=O) groups is 3. The van der Waals surface area contributed by atoms with Gasteiger partial charge in [-0.2, -0.15) is 0 Å². The first-order chi connectivity index (χ1) is 13.7. The van der Waals surface area contributed by atoms with Crippen molar-refractivity contribution in [1.82, 2.24) is 9.80 Å². The lowest BCUT2D eigenvalue weighted by Gasteiger charge is -2.15. The number of nitrogens with zero attached hydrogens (tertiary/aromatic N) is 2. The lowest BCUT2D eigenvalue weighted by atomic mass is 10.1. The molecule has 0 unspecified atom stereocenters. The first-order valence-corrected chi connectivity index (χ1v) is 9.24. The van der Waals surface area contributed by atoms with E-state index >= 15 is 0 Å². The van der Waals surface area contributed by atoms with Crippen molar-refractivity contribution in [2.75, 3.05) is 65.1 Å². The smallest absolute Gasteiger partial charge is 0.411 e. The molecule has 3 N–H and O–H groups in total. The monoisotopic (exact) mass is 410 g/mol. The van der Waals surface area contributed by atoms with Crippen LogP contribution in [0.2, 0.25) is 0 Å². The Morgan fingerprint density at radius 2 is 1.41 bits per heavy atom. The summed E-state index contributed by atoms with van der Waals surface area (Å²) >= 11 is 0. The highest BCUT2D eigenvalue weighted by Crippen LogP contribution is 2.27. The van der Waals surface area contributed by atoms with Crippen LogP contribution < -0.4 is 10.6 Å². The second-order valence-corrected chi connectivity index (χ2v) is 6.87. The van der Waals surface area contributed by atoms with Crippen molar-refractivity contribution in [2.45, 2.75) is 12.8 Å². The number of benzene rings is 1. The lowest BCUT2D eigenvalue weighted by Crippen LogP contribution is -2.22. The van der Waals surface area contributed by atoms with Gasteiger partial charge in [-0.1, -0.05) is 6.07 Å². The molecule has 1 rings (SSSR count). The van der Waals surface area contributed by atoms with Crippen LogP contribution in [0.3, 0.4) is 0 Å². The minimum absolute atomic E-state index is 0.0668. The van der Waals surface area contributed by atoms with E-state index in [1.165, 1.54) is 18.2 Å². The van der Waals surface area contributed by atoms with Gasteiger partial charge in [0.05, 0.1) is 30.2 Å². The van der Waals surface area contributed by atoms with Gasteiger partial charge in [0.2, 0.25) is 0 Å². The van der Waals surface area contributed by atoms with Crippen LogP contribution in [0.1, 0.15) is 23.2 Å². The van der Waals surface area contributed by atoms with E-state index in [4.69, 9.17) is 9.47 Å². The molecule has 0 aliphatic carbocycles. The van der Waals surface area contributed by atoms with Crippen molar-refractivity contribution in [3.63, 3.8) is 0 Å². The van der Waals surface area contributed by atoms with E-state index in [9.17, 15) is 19.5 Å². The van der Waals surface area contributed by atoms with Crippen molar-refractivity contribution < 1.29 is 29.0 Å². The topological polar surface area (TPSA) is 120 Å². The summed E-state index contributed by atoms with van der Waals surface area (Å²) in [6.07, 6.45) is -0.265. The van der Waals surface area contributed by atoms with E-state index < -0.39 is 18.2 Å². The van der Waals surface area contributed by atoms with Crippen molar-refractivity contribution in [3.8, 4) is 0 Å². The minimum Gasteiger partial charge on any atom is -0.478 e. The van der Waals surface area contributed by atoms with E-state index in [1.807, 2.05) is 38.0 Å². The Labute approximate surface area is 170 Å². The Bertz CT molecular complexity index is 693. The normalized spacial score (nSPS) is 10.7. The fraction of sp³-hybridized carbons (Fsp3) is 0.526. The van der Waals surface area contributed by atoms with Crippen LogP contribution in [-0.4, -0.2) is 87.6 Å². The van der Waals surface area contributed by atoms with E-state index in [0.717, 1.165) is 13.1 Å². The molecule has 0 aromatic heterocycles. The molecule has 0 spiro atoms. The highest BCUT2D eigenvalue weighted by Gasteiger charge is 2.19. The number of hydrogen-bond acceptors (Lipinski definition) is 7. The predicted molar refractivity (Wildman–Crippen MR) is 110 cm³/mol. The number of rotatable bonds is 11. The average molecular weight is 410 g/mol. The standard InChI is InChI=1S/C19H30N4O6/c1-22(2)10-6-12-28-18(26)20-15-9-5-8-14(17(24)25)16(15)21-19(27)29-13-7-11-23(3)4/h5,8-9H,6-7,10-13H2,1-4H3,(H,20,26)(H,21,27)(H,24,25). The summed E-state index contributed by atoms with van der Waals surface area (Å²) < 4.78 is 10.2. The number of aromatic carboxylic acids is 1. The highest BCUT2D eigenvalue weighted by molar-refractivity contribution is 6.05. The number of carboxylic acids is 1. The first kappa shape index (κ1) is 24.2. The molecule has 162 valence electrons. The number of para-hydroxylation sites is 1. The van der Waals surface area contributed by atoms with Gasteiger partial charge in [-0.3, -0.25) is 10.6 Å². The number of anilines is 2. The van der Waals surface area contributed by atoms with Crippen LogP contribution in [0.25, 0.3) is 0 Å². The molecule has 0 radical (unpaired) electrons. The SMILES string of the molecule is CN(C)CCCOC(=O)Nc1cccc(C(=O)O)c1NC(=O)OCCCN(C)C. The molecule has 0 bridgehead atoms. The van der Waals surface area contributed by atoms with E-state index in [1.54, 1.807) is 0 Å². The summed E-state index contributed by atoms with van der Waals surface area (Å²) in [6, 6.07) is 4.24. The van der Waals surface area contributed by atoms with Crippen LogP contribution in [0, 0.1) is 0 Å². The van der Waals surface area contributed by atoms with Crippen LogP contribution in [0.15, 0.2) is 18.2 Å². The summed E-state index contributed by atoms with van der Waals surface area (Å²) in [5, 5.41) is 14.3. The van der Waals surface area contributed by atoms with Gasteiger partial charge in [0, 0.05) is 13.1 Å². The third-order valence-electron chi connectivity index (χ3n) is 3.72. The largest absolute Gasteiger partial charge is 0.478 e. The zero-order valence-corrected chi connectivity index (χ0v) is 17.4. The first-order valence-electron chi connectivity index (χ1n) is 9.24. The summed E-state index contributed by atoms with van der Waals surface area (Å²) in [5.41, 5.74) is -0.142. The predicted octanol–water partition coefficient (Wildman–Crippen LogP) is 2.39. The molecular weight excluding hydrogens is 380 g/mol. The molecule has 10 heteroatoms. The Kier molecular flexibility index (Phi) is 10.5. The van der Waals surface area contributed by atoms with Crippen LogP contribution in [0.4, 0.5) is 21.0 Å². The molecule has 10 nitrogen and oxygen atoms in total. The van der Waals surface area contributed by atoms with Crippen molar-refractivity contribution in [2.24, 2.45) is 0 Å². The van der Waals surface area contributed by atoms with Gasteiger partial charge in [0.15, 0.2) is 0 Å². The van der Waals surface area contributed by atoms with Gasteiger partial charge in [-0.15, -0.1) is 0 Å². The molecular formula is C19H30N4O6. The minimum atomic E-state index is -1.25. The molecule has 0 aliphatic heterocycles. The molecule has 0 heterocycles. The third-order valence-corrected chi connectivity index (χ3v) is 3.72. The summed E-state index contributed by atoms with van der Waals surface area (Å²) in [5.74, 6) is -1.25. The molecule has 0 atom stereocenters. The maximum atomic E-state index is 12.1. The average Bonchev–Trinajstić information content (AvgIpc) is 2.63. The van der Waals surface area contributed by atoms with Gasteiger partial charge in [-0.25, -0.2) is 14.4 Å². The zero-order chi connectivity index (χ0) is 21.8. The Balaban J connectivity index is 2.75. The van der Waals surface area contributed by atoms with E-state index in [2.05, 4.69) is 10.6 Å². The van der Waals surface area contributed by atoms with Crippen LogP contribution in [0.5, 0.6) is 0 Å². The van der Waals surface area contributed by atoms with Crippen molar-refractivity contribution in [3.05, 3.63) is 23.8 Å². The Morgan fingerprint density at radius 3 is 1.90 bits per heavy atom. The van der Waals surface area contributed by atoms with Crippen molar-refractivity contribution >= 4 is 29.5 Å². The number of nitrogens with one attached hydrogen (secondary N) is 2. The number of hydrogen-bond donors (Lipinski definition) is 3. The third kappa shape index (κ3) is 9.77. The lowest BCUT2D eigenvalue weighted by molar-refractivity contribution is 0.0698. The number of carbonyl (C=O) groups excluding carboxylic acids is 2. The van der Waals surface area contributed by atoms with Crippen LogP contribution >= 0.6 is 0 Å². The van der Waals surface area contributed by atoms with E-state index in [0.29, 0.717) is 12.8 Å². The molecule has 29 heavy (non-hydrogen) atoms. The highest BCUT2D eigenvalue weighted by atomic mass is 16.6. The summed E-state index contributed by atoms with van der Waals surface area (Å²) in [4.78, 5) is 39.5. The van der Waals surface area contributed by atoms with E-state index in [-0.39, 0.29) is 30.2 Å². The second kappa shape index (κ2) is 12.6. The molecule has 0 saturated heterocycles. The van der Waals surface area contributed by atoms with Gasteiger partial charge < -0.3 is 24.4 Å². The molecule has 2 amide bonds. The summed E-state index contributed by atoms with van der Waals surface area (Å²) in [6.45, 7) is 1.88. The fourth-order valence-electron chi connectivity index (χ4n) is 2.34. The van der Waals surface area contributed by atoms with Gasteiger partial charge >= 0.3 is 18.2 Å². The maximum Gasteiger partial charge on any atom is 0.411 e. The maximum absolute atomic E-state index is 12.1. The molecule has 0 aliphatic rings. The fourth-order valence-corrected chi connectivity index (χ4v) is 2.34. The quantitative estimate of drug-likeness (QED) is 0.476. The molecule has 1 aromatic rings. The van der Waals surface area contributed by atoms with Gasteiger partial charge in [-0.05, 0) is 53.2 Å². The number of carboxylic acid groups (broad SMARTS) is 1. The van der Waals surface area contributed by atoms with Crippen molar-refractivity contribution in [1.29, 1.82) is 0 Å². The zero-order valence-electron chi connectivity index (χ0n) is 17.4. The number of amides is 2. The second-order valence-electron chi connectivity index (χ2n) is 6.87. The van der Waals surface area contributed by atoms with Crippen LogP contribution in [-0.2, 0) is 9.47 Å². The Morgan fingerprint density at radius 1 is 0.897 bits per heavy atom. The molecule has 1 aromatic carbocycles. The molecule has 0 saturated carbocycles. The van der Waals surface area contributed by atoms with Gasteiger partial charge in [0.1, 0.15) is 0 Å².